The fourth-order valence-corrected chi connectivity index (χ4v) is 3.84. The summed E-state index contributed by atoms with van der Waals surface area (Å²) in [6, 6.07) is 15.5. The Balaban J connectivity index is 1.82. The molecule has 0 amide bonds. The molecule has 0 saturated carbocycles. The van der Waals surface area contributed by atoms with Crippen LogP contribution in [0, 0.1) is 0 Å². The number of para-hydroxylation sites is 2. The Morgan fingerprint density at radius 1 is 0.581 bits per heavy atom. The average molecular weight is 425 g/mol. The number of benzene rings is 2. The fraction of sp³-hybridized carbons (Fsp3) is 0.536. The summed E-state index contributed by atoms with van der Waals surface area (Å²) < 4.78 is 11.2. The van der Waals surface area contributed by atoms with Gasteiger partial charge in [-0.3, -0.25) is 0 Å². The summed E-state index contributed by atoms with van der Waals surface area (Å²) in [6.07, 6.45) is 14.9. The molecule has 0 aromatic heterocycles. The number of hydrogen-bond donors (Lipinski definition) is 0. The normalized spacial score (nSPS) is 10.8. The maximum absolute atomic E-state index is 12.5. The van der Waals surface area contributed by atoms with Gasteiger partial charge in [0.25, 0.3) is 0 Å². The summed E-state index contributed by atoms with van der Waals surface area (Å²) in [5.74, 6) is 1.21. The molecule has 170 valence electrons. The van der Waals surface area contributed by atoms with Crippen molar-refractivity contribution in [3.8, 4) is 11.5 Å². The Bertz CT molecular complexity index is 753. The van der Waals surface area contributed by atoms with E-state index in [1.54, 1.807) is 0 Å². The fourth-order valence-electron chi connectivity index (χ4n) is 3.84. The molecule has 0 heterocycles. The molecule has 3 heteroatoms. The Morgan fingerprint density at radius 2 is 0.968 bits per heavy atom. The Hall–Kier alpha value is -2.29. The van der Waals surface area contributed by atoms with Gasteiger partial charge in [0.05, 0.1) is 0 Å². The summed E-state index contributed by atoms with van der Waals surface area (Å²) in [6.45, 7) is 4.44. The maximum Gasteiger partial charge on any atom is 0.519 e. The number of rotatable bonds is 15. The second kappa shape index (κ2) is 15.5. The minimum Gasteiger partial charge on any atom is -0.394 e. The number of unbranched alkanes of at least 4 members (excludes halogenated alkanes) is 9. The second-order valence-corrected chi connectivity index (χ2v) is 8.35. The lowest BCUT2D eigenvalue weighted by Gasteiger charge is -2.12. The van der Waals surface area contributed by atoms with E-state index in [1.807, 2.05) is 48.5 Å². The van der Waals surface area contributed by atoms with E-state index in [4.69, 9.17) is 9.47 Å². The number of carbonyl (C=O) groups is 1. The van der Waals surface area contributed by atoms with Crippen LogP contribution in [0.1, 0.15) is 95.6 Å². The molecular weight excluding hydrogens is 384 g/mol. The molecule has 0 saturated heterocycles. The van der Waals surface area contributed by atoms with Gasteiger partial charge in [-0.15, -0.1) is 0 Å². The van der Waals surface area contributed by atoms with Gasteiger partial charge in [0.15, 0.2) is 0 Å². The highest BCUT2D eigenvalue weighted by atomic mass is 16.7. The van der Waals surface area contributed by atoms with Crippen molar-refractivity contribution in [3.63, 3.8) is 0 Å². The van der Waals surface area contributed by atoms with Gasteiger partial charge in [-0.05, 0) is 48.9 Å². The van der Waals surface area contributed by atoms with Crippen molar-refractivity contribution in [3.05, 3.63) is 59.7 Å². The van der Waals surface area contributed by atoms with Crippen LogP contribution in [0.2, 0.25) is 0 Å². The monoisotopic (exact) mass is 424 g/mol. The van der Waals surface area contributed by atoms with Crippen LogP contribution in [-0.2, 0) is 12.8 Å². The molecule has 0 aliphatic heterocycles. The number of aryl methyl sites for hydroxylation is 2. The largest absolute Gasteiger partial charge is 0.519 e. The molecule has 2 aromatic carbocycles. The molecule has 0 atom stereocenters. The van der Waals surface area contributed by atoms with Crippen LogP contribution in [0.15, 0.2) is 48.5 Å². The third-order valence-corrected chi connectivity index (χ3v) is 5.68. The van der Waals surface area contributed by atoms with Crippen molar-refractivity contribution in [1.82, 2.24) is 0 Å². The van der Waals surface area contributed by atoms with Crippen LogP contribution < -0.4 is 9.47 Å². The first kappa shape index (κ1) is 25.0. The molecule has 0 unspecified atom stereocenters. The Kier molecular flexibility index (Phi) is 12.5. The standard InChI is InChI=1S/C28H40O3/c1-3-5-7-8-9-10-11-13-19-25-21-15-17-23-27(25)31-28(29)30-26-22-16-14-20-24(26)18-12-6-4-2/h14-17,20-23H,3-13,18-19H2,1-2H3. The van der Waals surface area contributed by atoms with Crippen molar-refractivity contribution in [2.75, 3.05) is 0 Å². The minimum absolute atomic E-state index is 0.601. The third kappa shape index (κ3) is 10.0. The number of carbonyl (C=O) groups excluding carboxylic acids is 1. The zero-order valence-corrected chi connectivity index (χ0v) is 19.5. The highest BCUT2D eigenvalue weighted by molar-refractivity contribution is 5.68. The van der Waals surface area contributed by atoms with Gasteiger partial charge < -0.3 is 9.47 Å². The second-order valence-electron chi connectivity index (χ2n) is 8.35. The van der Waals surface area contributed by atoms with Crippen LogP contribution in [0.4, 0.5) is 4.79 Å². The molecule has 0 bridgehead atoms. The van der Waals surface area contributed by atoms with E-state index in [0.29, 0.717) is 11.5 Å². The molecule has 3 nitrogen and oxygen atoms in total. The van der Waals surface area contributed by atoms with Gasteiger partial charge in [-0.25, -0.2) is 4.79 Å². The smallest absolute Gasteiger partial charge is 0.394 e. The van der Waals surface area contributed by atoms with Crippen LogP contribution in [-0.4, -0.2) is 6.16 Å². The van der Waals surface area contributed by atoms with Crippen LogP contribution in [0.3, 0.4) is 0 Å². The van der Waals surface area contributed by atoms with E-state index in [2.05, 4.69) is 13.8 Å². The van der Waals surface area contributed by atoms with E-state index < -0.39 is 6.16 Å². The molecule has 2 rings (SSSR count). The van der Waals surface area contributed by atoms with Crippen molar-refractivity contribution >= 4 is 6.16 Å². The van der Waals surface area contributed by atoms with E-state index in [-0.39, 0.29) is 0 Å². The summed E-state index contributed by atoms with van der Waals surface area (Å²) in [5, 5.41) is 0. The molecule has 0 aliphatic rings. The Morgan fingerprint density at radius 3 is 1.48 bits per heavy atom. The number of hydrogen-bond acceptors (Lipinski definition) is 3. The zero-order chi connectivity index (χ0) is 22.2. The summed E-state index contributed by atoms with van der Waals surface area (Å²) in [7, 11) is 0. The molecule has 2 aromatic rings. The van der Waals surface area contributed by atoms with Gasteiger partial charge in [-0.2, -0.15) is 0 Å². The lowest BCUT2D eigenvalue weighted by molar-refractivity contribution is 0.151. The van der Waals surface area contributed by atoms with Crippen molar-refractivity contribution < 1.29 is 14.3 Å². The van der Waals surface area contributed by atoms with Gasteiger partial charge in [0.1, 0.15) is 11.5 Å². The predicted octanol–water partition coefficient (Wildman–Crippen LogP) is 8.68. The van der Waals surface area contributed by atoms with E-state index in [1.165, 1.54) is 57.8 Å². The van der Waals surface area contributed by atoms with E-state index in [9.17, 15) is 4.79 Å². The van der Waals surface area contributed by atoms with Crippen molar-refractivity contribution in [2.24, 2.45) is 0 Å². The molecular formula is C28H40O3. The first-order chi connectivity index (χ1) is 15.2. The highest BCUT2D eigenvalue weighted by Crippen LogP contribution is 2.24. The molecule has 0 aliphatic carbocycles. The summed E-state index contributed by atoms with van der Waals surface area (Å²) in [5.41, 5.74) is 2.13. The van der Waals surface area contributed by atoms with Crippen molar-refractivity contribution in [1.29, 1.82) is 0 Å². The average Bonchev–Trinajstić information content (AvgIpc) is 2.78. The molecule has 31 heavy (non-hydrogen) atoms. The highest BCUT2D eigenvalue weighted by Gasteiger charge is 2.13. The zero-order valence-electron chi connectivity index (χ0n) is 19.5. The topological polar surface area (TPSA) is 35.5 Å². The lowest BCUT2D eigenvalue weighted by atomic mass is 10.0. The SMILES string of the molecule is CCCCCCCCCCc1ccccc1OC(=O)Oc1ccccc1CCCCC. The maximum atomic E-state index is 12.5. The Labute approximate surface area is 189 Å². The molecule has 0 fully saturated rings. The molecule has 0 spiro atoms. The van der Waals surface area contributed by atoms with E-state index >= 15 is 0 Å². The first-order valence-electron chi connectivity index (χ1n) is 12.3. The van der Waals surface area contributed by atoms with Crippen LogP contribution >= 0.6 is 0 Å². The molecule has 0 radical (unpaired) electrons. The quantitative estimate of drug-likeness (QED) is 0.163. The van der Waals surface area contributed by atoms with Crippen molar-refractivity contribution in [2.45, 2.75) is 97.3 Å². The lowest BCUT2D eigenvalue weighted by Crippen LogP contribution is -2.15. The minimum atomic E-state index is -0.661. The predicted molar refractivity (Wildman–Crippen MR) is 129 cm³/mol. The molecule has 0 N–H and O–H groups in total. The van der Waals surface area contributed by atoms with Gasteiger partial charge in [0, 0.05) is 0 Å². The summed E-state index contributed by atoms with van der Waals surface area (Å²) in [4.78, 5) is 12.5. The van der Waals surface area contributed by atoms with Crippen LogP contribution in [0.5, 0.6) is 11.5 Å². The van der Waals surface area contributed by atoms with E-state index in [0.717, 1.165) is 36.8 Å². The number of ether oxygens (including phenoxy) is 2. The summed E-state index contributed by atoms with van der Waals surface area (Å²) >= 11 is 0. The first-order valence-corrected chi connectivity index (χ1v) is 12.3. The van der Waals surface area contributed by atoms with Gasteiger partial charge in [-0.1, -0.05) is 108 Å². The van der Waals surface area contributed by atoms with Gasteiger partial charge in [0.2, 0.25) is 0 Å². The van der Waals surface area contributed by atoms with Crippen LogP contribution in [0.25, 0.3) is 0 Å². The van der Waals surface area contributed by atoms with Gasteiger partial charge >= 0.3 is 6.16 Å². The third-order valence-electron chi connectivity index (χ3n) is 5.68.